The Labute approximate surface area is 167 Å². The summed E-state index contributed by atoms with van der Waals surface area (Å²) in [6.07, 6.45) is 4.60. The molecule has 0 saturated carbocycles. The molecule has 150 valence electrons. The van der Waals surface area contributed by atoms with Gasteiger partial charge in [0.05, 0.1) is 6.04 Å². The van der Waals surface area contributed by atoms with E-state index in [-0.39, 0.29) is 22.3 Å². The van der Waals surface area contributed by atoms with Crippen LogP contribution in [0.2, 0.25) is 0 Å². The minimum atomic E-state index is -0.451. The molecule has 2 aliphatic rings. The molecule has 1 fully saturated rings. The van der Waals surface area contributed by atoms with Crippen molar-refractivity contribution in [1.82, 2.24) is 14.6 Å². The smallest absolute Gasteiger partial charge is 0.410 e. The molecule has 27 heavy (non-hydrogen) atoms. The average Bonchev–Trinajstić information content (AvgIpc) is 2.84. The number of rotatable bonds is 2. The molecule has 1 saturated heterocycles. The molecule has 6 heteroatoms. The number of piperidine rings is 1. The topological polar surface area (TPSA) is 54.5 Å². The van der Waals surface area contributed by atoms with Crippen molar-refractivity contribution in [3.8, 4) is 0 Å². The summed E-state index contributed by atoms with van der Waals surface area (Å²) < 4.78 is 9.47. The quantitative estimate of drug-likeness (QED) is 0.739. The van der Waals surface area contributed by atoms with E-state index in [1.54, 1.807) is 11.9 Å². The van der Waals surface area contributed by atoms with Gasteiger partial charge in [0.25, 0.3) is 0 Å². The van der Waals surface area contributed by atoms with Crippen LogP contribution in [0.1, 0.15) is 71.7 Å². The van der Waals surface area contributed by atoms with Gasteiger partial charge in [0, 0.05) is 29.7 Å². The second-order valence-electron chi connectivity index (χ2n) is 9.81. The van der Waals surface area contributed by atoms with E-state index in [9.17, 15) is 4.79 Å². The fraction of sp³-hybridized carbons (Fsp3) is 0.714. The molecule has 0 bridgehead atoms. The van der Waals surface area contributed by atoms with E-state index in [1.807, 2.05) is 37.9 Å². The van der Waals surface area contributed by atoms with Crippen LogP contribution in [0.4, 0.5) is 4.79 Å². The molecule has 1 aromatic heterocycles. The van der Waals surface area contributed by atoms with Gasteiger partial charge in [-0.3, -0.25) is 9.71 Å². The number of likely N-dealkylation sites (tertiary alicyclic amines) is 1. The Kier molecular flexibility index (Phi) is 5.52. The van der Waals surface area contributed by atoms with Crippen molar-refractivity contribution < 1.29 is 9.53 Å². The highest BCUT2D eigenvalue weighted by Gasteiger charge is 2.49. The van der Waals surface area contributed by atoms with Gasteiger partial charge in [-0.2, -0.15) is 0 Å². The largest absolute Gasteiger partial charge is 0.444 e. The van der Waals surface area contributed by atoms with Crippen LogP contribution in [0.25, 0.3) is 0 Å². The summed E-state index contributed by atoms with van der Waals surface area (Å²) >= 11 is 1.79. The minimum Gasteiger partial charge on any atom is -0.444 e. The lowest BCUT2D eigenvalue weighted by molar-refractivity contribution is 0.00728. The van der Waals surface area contributed by atoms with Gasteiger partial charge in [-0.05, 0) is 77.8 Å². The SMILES string of the molecule is CC(C)(C)OC(=O)N1CCC2(CC1)Cc1ncccc1C2NSC(C)(C)C. The molecule has 1 aliphatic heterocycles. The first-order chi connectivity index (χ1) is 12.5. The maximum Gasteiger partial charge on any atom is 0.410 e. The molecular formula is C21H33N3O2S. The third kappa shape index (κ3) is 4.77. The molecule has 1 amide bonds. The van der Waals surface area contributed by atoms with Crippen LogP contribution < -0.4 is 4.72 Å². The molecule has 2 heterocycles. The lowest BCUT2D eigenvalue weighted by Gasteiger charge is -2.43. The number of hydrogen-bond donors (Lipinski definition) is 1. The highest BCUT2D eigenvalue weighted by atomic mass is 32.2. The maximum atomic E-state index is 12.4. The van der Waals surface area contributed by atoms with Crippen LogP contribution in [-0.2, 0) is 11.2 Å². The number of nitrogens with zero attached hydrogens (tertiary/aromatic N) is 2. The zero-order chi connectivity index (χ0) is 19.9. The Balaban J connectivity index is 1.74. The van der Waals surface area contributed by atoms with Crippen molar-refractivity contribution in [3.63, 3.8) is 0 Å². The molecule has 5 nitrogen and oxygen atoms in total. The number of pyridine rings is 1. The summed E-state index contributed by atoms with van der Waals surface area (Å²) in [6, 6.07) is 4.51. The molecule has 1 atom stereocenters. The first kappa shape index (κ1) is 20.5. The minimum absolute atomic E-state index is 0.119. The monoisotopic (exact) mass is 391 g/mol. The third-order valence-corrected chi connectivity index (χ3v) is 6.23. The molecule has 1 aromatic rings. The van der Waals surface area contributed by atoms with Crippen LogP contribution in [0.3, 0.4) is 0 Å². The zero-order valence-corrected chi connectivity index (χ0v) is 18.3. The number of fused-ring (bicyclic) bond motifs is 1. The fourth-order valence-corrected chi connectivity index (χ4v) is 4.83. The summed E-state index contributed by atoms with van der Waals surface area (Å²) in [5.74, 6) is 0. The first-order valence-corrected chi connectivity index (χ1v) is 10.7. The van der Waals surface area contributed by atoms with Crippen molar-refractivity contribution in [2.45, 2.75) is 77.2 Å². The second kappa shape index (κ2) is 7.28. The van der Waals surface area contributed by atoms with E-state index in [4.69, 9.17) is 4.74 Å². The second-order valence-corrected chi connectivity index (χ2v) is 11.5. The zero-order valence-electron chi connectivity index (χ0n) is 17.5. The van der Waals surface area contributed by atoms with Crippen LogP contribution in [0.5, 0.6) is 0 Å². The van der Waals surface area contributed by atoms with Gasteiger partial charge in [0.2, 0.25) is 0 Å². The first-order valence-electron chi connectivity index (χ1n) is 9.84. The molecule has 1 aliphatic carbocycles. The predicted octanol–water partition coefficient (Wildman–Crippen LogP) is 4.73. The molecule has 1 spiro atoms. The lowest BCUT2D eigenvalue weighted by Crippen LogP contribution is -2.48. The molecular weight excluding hydrogens is 358 g/mol. The molecule has 0 aromatic carbocycles. The Morgan fingerprint density at radius 1 is 1.26 bits per heavy atom. The number of hydrogen-bond acceptors (Lipinski definition) is 5. The van der Waals surface area contributed by atoms with Gasteiger partial charge in [0.1, 0.15) is 5.60 Å². The van der Waals surface area contributed by atoms with Crippen LogP contribution in [0.15, 0.2) is 18.3 Å². The Hall–Kier alpha value is -1.27. The van der Waals surface area contributed by atoms with Gasteiger partial charge < -0.3 is 9.64 Å². The van der Waals surface area contributed by atoms with Crippen LogP contribution in [-0.4, -0.2) is 39.4 Å². The van der Waals surface area contributed by atoms with E-state index >= 15 is 0 Å². The van der Waals surface area contributed by atoms with Gasteiger partial charge in [-0.15, -0.1) is 0 Å². The van der Waals surface area contributed by atoms with E-state index in [2.05, 4.69) is 36.5 Å². The molecule has 3 rings (SSSR count). The van der Waals surface area contributed by atoms with Crippen molar-refractivity contribution in [2.75, 3.05) is 13.1 Å². The summed E-state index contributed by atoms with van der Waals surface area (Å²) in [6.45, 7) is 13.9. The average molecular weight is 392 g/mol. The molecule has 1 unspecified atom stereocenters. The Morgan fingerprint density at radius 3 is 2.52 bits per heavy atom. The maximum absolute atomic E-state index is 12.4. The van der Waals surface area contributed by atoms with Crippen LogP contribution in [0, 0.1) is 5.41 Å². The summed E-state index contributed by atoms with van der Waals surface area (Å²) in [7, 11) is 0. The summed E-state index contributed by atoms with van der Waals surface area (Å²) in [5.41, 5.74) is 2.19. The highest BCUT2D eigenvalue weighted by Crippen LogP contribution is 2.52. The number of carbonyl (C=O) groups is 1. The normalized spacial score (nSPS) is 22.0. The van der Waals surface area contributed by atoms with Gasteiger partial charge in [-0.25, -0.2) is 4.79 Å². The van der Waals surface area contributed by atoms with E-state index < -0.39 is 5.60 Å². The fourth-order valence-electron chi connectivity index (χ4n) is 3.98. The number of ether oxygens (including phenoxy) is 1. The van der Waals surface area contributed by atoms with Crippen molar-refractivity contribution in [2.24, 2.45) is 5.41 Å². The Bertz CT molecular complexity index is 685. The highest BCUT2D eigenvalue weighted by molar-refractivity contribution is 7.98. The lowest BCUT2D eigenvalue weighted by atomic mass is 9.73. The molecule has 0 radical (unpaired) electrons. The van der Waals surface area contributed by atoms with Gasteiger partial charge >= 0.3 is 6.09 Å². The number of carbonyl (C=O) groups excluding carboxylic acids is 1. The van der Waals surface area contributed by atoms with Crippen LogP contribution >= 0.6 is 11.9 Å². The van der Waals surface area contributed by atoms with E-state index in [0.717, 1.165) is 32.4 Å². The number of aromatic nitrogens is 1. The van der Waals surface area contributed by atoms with Crippen molar-refractivity contribution in [3.05, 3.63) is 29.6 Å². The number of amides is 1. The third-order valence-electron chi connectivity index (χ3n) is 5.26. The summed E-state index contributed by atoms with van der Waals surface area (Å²) in [5, 5.41) is 0. The van der Waals surface area contributed by atoms with Gasteiger partial charge in [0.15, 0.2) is 0 Å². The summed E-state index contributed by atoms with van der Waals surface area (Å²) in [4.78, 5) is 19.0. The standard InChI is InChI=1S/C21H33N3O2S/c1-19(2,3)26-18(25)24-12-9-21(10-13-24)14-16-15(8-7-11-22-16)17(21)23-27-20(4,5)6/h7-8,11,17,23H,9-10,12-14H2,1-6H3. The van der Waals surface area contributed by atoms with Crippen molar-refractivity contribution in [1.29, 1.82) is 0 Å². The van der Waals surface area contributed by atoms with Crippen molar-refractivity contribution >= 4 is 18.0 Å². The van der Waals surface area contributed by atoms with Gasteiger partial charge in [-0.1, -0.05) is 18.0 Å². The predicted molar refractivity (Wildman–Crippen MR) is 111 cm³/mol. The van der Waals surface area contributed by atoms with E-state index in [1.165, 1.54) is 11.3 Å². The van der Waals surface area contributed by atoms with E-state index in [0.29, 0.717) is 0 Å². The molecule has 1 N–H and O–H groups in total. The Morgan fingerprint density at radius 2 is 1.93 bits per heavy atom. The number of nitrogens with one attached hydrogen (secondary N) is 1.